The van der Waals surface area contributed by atoms with E-state index in [0.29, 0.717) is 5.11 Å². The number of benzene rings is 2. The van der Waals surface area contributed by atoms with E-state index in [1.807, 2.05) is 42.5 Å². The Morgan fingerprint density at radius 1 is 1.05 bits per heavy atom. The van der Waals surface area contributed by atoms with Gasteiger partial charge in [-0.1, -0.05) is 42.5 Å². The van der Waals surface area contributed by atoms with Crippen molar-refractivity contribution in [3.63, 3.8) is 0 Å². The lowest BCUT2D eigenvalue weighted by atomic mass is 10.2. The van der Waals surface area contributed by atoms with E-state index in [-0.39, 0.29) is 0 Å². The van der Waals surface area contributed by atoms with Gasteiger partial charge in [0.25, 0.3) is 0 Å². The summed E-state index contributed by atoms with van der Waals surface area (Å²) in [5, 5.41) is 6.64. The van der Waals surface area contributed by atoms with Gasteiger partial charge in [0.15, 0.2) is 5.11 Å². The number of thiocarbonyl (C=S) groups is 1. The van der Waals surface area contributed by atoms with Crippen LogP contribution in [0.2, 0.25) is 0 Å². The molecule has 0 unspecified atom stereocenters. The van der Waals surface area contributed by atoms with E-state index in [0.717, 1.165) is 17.1 Å². The van der Waals surface area contributed by atoms with Crippen LogP contribution in [-0.2, 0) is 0 Å². The summed E-state index contributed by atoms with van der Waals surface area (Å²) in [6.07, 6.45) is 0. The van der Waals surface area contributed by atoms with Crippen molar-refractivity contribution in [2.45, 2.75) is 6.92 Å². The molecule has 4 heteroatoms. The number of hydrogen-bond acceptors (Lipinski definition) is 1. The number of amidine groups is 1. The third-order valence-electron chi connectivity index (χ3n) is 2.76. The maximum atomic E-state index is 5.13. The summed E-state index contributed by atoms with van der Waals surface area (Å²) < 4.78 is 0. The number of anilines is 1. The predicted molar refractivity (Wildman–Crippen MR) is 89.4 cm³/mol. The van der Waals surface area contributed by atoms with Crippen LogP contribution in [0.5, 0.6) is 0 Å². The molecule has 0 saturated heterocycles. The van der Waals surface area contributed by atoms with Crippen LogP contribution in [0.25, 0.3) is 0 Å². The summed E-state index contributed by atoms with van der Waals surface area (Å²) in [5.74, 6) is 0.732. The van der Waals surface area contributed by atoms with Crippen molar-refractivity contribution in [1.82, 2.24) is 5.32 Å². The lowest BCUT2D eigenvalue weighted by molar-refractivity contribution is 1.18. The normalized spacial score (nSPS) is 11.0. The Bertz CT molecular complexity index is 621. The van der Waals surface area contributed by atoms with Gasteiger partial charge >= 0.3 is 0 Å². The Hall–Kier alpha value is -2.20. The first-order valence-corrected chi connectivity index (χ1v) is 6.79. The molecule has 2 N–H and O–H groups in total. The van der Waals surface area contributed by atoms with Crippen LogP contribution in [0, 0.1) is 6.92 Å². The molecule has 20 heavy (non-hydrogen) atoms. The van der Waals surface area contributed by atoms with Crippen LogP contribution in [0.3, 0.4) is 0 Å². The van der Waals surface area contributed by atoms with Crippen LogP contribution < -0.4 is 10.6 Å². The zero-order valence-electron chi connectivity index (χ0n) is 11.6. The van der Waals surface area contributed by atoms with Gasteiger partial charge in [-0.05, 0) is 36.8 Å². The maximum Gasteiger partial charge on any atom is 0.194 e. The Balaban J connectivity index is 2.33. The Morgan fingerprint density at radius 3 is 2.45 bits per heavy atom. The minimum absolute atomic E-state index is 0.448. The van der Waals surface area contributed by atoms with Crippen molar-refractivity contribution in [1.29, 1.82) is 0 Å². The molecule has 0 aliphatic rings. The second-order valence-electron chi connectivity index (χ2n) is 4.38. The summed E-state index contributed by atoms with van der Waals surface area (Å²) in [6, 6.07) is 18.1. The molecule has 2 aromatic rings. The third-order valence-corrected chi connectivity index (χ3v) is 3.05. The second kappa shape index (κ2) is 6.82. The standard InChI is InChI=1S/C16H17N3S/c1-12-7-6-10-14(11-12)18-15(19-16(20)17-2)13-8-4-3-5-9-13/h3-11H,1-2H3,(H2,17,18,19,20). The van der Waals surface area contributed by atoms with Gasteiger partial charge in [0.1, 0.15) is 5.84 Å². The molecule has 0 bridgehead atoms. The predicted octanol–water partition coefficient (Wildman–Crippen LogP) is 3.36. The molecule has 0 aromatic heterocycles. The van der Waals surface area contributed by atoms with Gasteiger partial charge in [0.05, 0.1) is 0 Å². The molecular weight excluding hydrogens is 266 g/mol. The third kappa shape index (κ3) is 3.90. The molecule has 0 spiro atoms. The van der Waals surface area contributed by atoms with E-state index < -0.39 is 0 Å². The fraction of sp³-hybridized carbons (Fsp3) is 0.125. The number of aliphatic imine (C=N–C) groups is 1. The average molecular weight is 283 g/mol. The van der Waals surface area contributed by atoms with Crippen LogP contribution in [0.15, 0.2) is 59.6 Å². The summed E-state index contributed by atoms with van der Waals surface area (Å²) >= 11 is 5.13. The molecular formula is C16H17N3S. The summed E-state index contributed by atoms with van der Waals surface area (Å²) in [5.41, 5.74) is 3.18. The van der Waals surface area contributed by atoms with Crippen molar-refractivity contribution < 1.29 is 0 Å². The van der Waals surface area contributed by atoms with E-state index in [9.17, 15) is 0 Å². The average Bonchev–Trinajstić information content (AvgIpc) is 2.47. The van der Waals surface area contributed by atoms with E-state index >= 15 is 0 Å². The fourth-order valence-electron chi connectivity index (χ4n) is 1.78. The quantitative estimate of drug-likeness (QED) is 0.504. The number of hydrogen-bond donors (Lipinski definition) is 2. The van der Waals surface area contributed by atoms with Crippen molar-refractivity contribution in [3.8, 4) is 0 Å². The number of nitrogens with zero attached hydrogens (tertiary/aromatic N) is 1. The summed E-state index contributed by atoms with van der Waals surface area (Å²) in [7, 11) is 1.76. The molecule has 0 aliphatic carbocycles. The summed E-state index contributed by atoms with van der Waals surface area (Å²) in [6.45, 7) is 2.06. The highest BCUT2D eigenvalue weighted by atomic mass is 32.1. The van der Waals surface area contributed by atoms with Gasteiger partial charge in [0.2, 0.25) is 0 Å². The van der Waals surface area contributed by atoms with E-state index in [1.54, 1.807) is 7.05 Å². The number of aryl methyl sites for hydroxylation is 1. The van der Waals surface area contributed by atoms with E-state index in [4.69, 9.17) is 12.2 Å². The molecule has 0 aliphatic heterocycles. The van der Waals surface area contributed by atoms with Gasteiger partial charge < -0.3 is 10.6 Å². The van der Waals surface area contributed by atoms with Crippen LogP contribution in [0.1, 0.15) is 11.1 Å². The lowest BCUT2D eigenvalue weighted by Crippen LogP contribution is -2.20. The van der Waals surface area contributed by atoms with Gasteiger partial charge in [-0.15, -0.1) is 0 Å². The Labute approximate surface area is 124 Å². The lowest BCUT2D eigenvalue weighted by Gasteiger charge is -2.11. The highest BCUT2D eigenvalue weighted by Gasteiger charge is 2.05. The first-order chi connectivity index (χ1) is 9.69. The second-order valence-corrected chi connectivity index (χ2v) is 4.76. The molecule has 0 fully saturated rings. The Morgan fingerprint density at radius 2 is 1.80 bits per heavy atom. The molecule has 0 atom stereocenters. The van der Waals surface area contributed by atoms with Crippen LogP contribution >= 0.6 is 12.2 Å². The molecule has 2 aromatic carbocycles. The van der Waals surface area contributed by atoms with Gasteiger partial charge in [-0.2, -0.15) is 0 Å². The zero-order valence-corrected chi connectivity index (χ0v) is 12.4. The van der Waals surface area contributed by atoms with Crippen molar-refractivity contribution in [2.75, 3.05) is 12.4 Å². The first-order valence-electron chi connectivity index (χ1n) is 6.38. The van der Waals surface area contributed by atoms with Crippen molar-refractivity contribution >= 4 is 28.9 Å². The van der Waals surface area contributed by atoms with Gasteiger partial charge in [0, 0.05) is 18.3 Å². The smallest absolute Gasteiger partial charge is 0.194 e. The number of rotatable bonds is 2. The van der Waals surface area contributed by atoms with Crippen LogP contribution in [0.4, 0.5) is 5.69 Å². The van der Waals surface area contributed by atoms with E-state index in [1.165, 1.54) is 5.56 Å². The molecule has 102 valence electrons. The minimum atomic E-state index is 0.448. The van der Waals surface area contributed by atoms with Crippen LogP contribution in [-0.4, -0.2) is 18.0 Å². The summed E-state index contributed by atoms with van der Waals surface area (Å²) in [4.78, 5) is 4.42. The molecule has 0 amide bonds. The monoisotopic (exact) mass is 283 g/mol. The van der Waals surface area contributed by atoms with Gasteiger partial charge in [-0.25, -0.2) is 4.99 Å². The largest absolute Gasteiger partial charge is 0.364 e. The van der Waals surface area contributed by atoms with Crippen molar-refractivity contribution in [3.05, 3.63) is 65.7 Å². The topological polar surface area (TPSA) is 36.4 Å². The maximum absolute atomic E-state index is 5.13. The van der Waals surface area contributed by atoms with E-state index in [2.05, 4.69) is 34.7 Å². The molecule has 3 nitrogen and oxygen atoms in total. The highest BCUT2D eigenvalue weighted by Crippen LogP contribution is 2.12. The molecule has 2 rings (SSSR count). The SMILES string of the molecule is CNC(=S)N=C(Nc1cccc(C)c1)c1ccccc1. The highest BCUT2D eigenvalue weighted by molar-refractivity contribution is 7.80. The zero-order chi connectivity index (χ0) is 14.4. The fourth-order valence-corrected chi connectivity index (χ4v) is 1.87. The number of nitrogens with one attached hydrogen (secondary N) is 2. The first kappa shape index (κ1) is 14.2. The Kier molecular flexibility index (Phi) is 4.85. The molecule has 0 heterocycles. The molecule has 0 saturated carbocycles. The van der Waals surface area contributed by atoms with Gasteiger partial charge in [-0.3, -0.25) is 0 Å². The molecule has 0 radical (unpaired) electrons. The van der Waals surface area contributed by atoms with Crippen molar-refractivity contribution in [2.24, 2.45) is 4.99 Å². The minimum Gasteiger partial charge on any atom is -0.364 e.